The number of rotatable bonds is 8. The van der Waals surface area contributed by atoms with Crippen LogP contribution in [0.4, 0.5) is 0 Å². The molecule has 34 heavy (non-hydrogen) atoms. The van der Waals surface area contributed by atoms with Gasteiger partial charge in [0.15, 0.2) is 18.4 Å². The molecule has 2 atom stereocenters. The summed E-state index contributed by atoms with van der Waals surface area (Å²) in [6.07, 6.45) is -2.71. The molecule has 0 bridgehead atoms. The number of aryl methyl sites for hydroxylation is 1. The summed E-state index contributed by atoms with van der Waals surface area (Å²) in [5.74, 6) is -1.77. The van der Waals surface area contributed by atoms with Crippen molar-refractivity contribution < 1.29 is 29.6 Å². The fraction of sp³-hybridized carbons (Fsp3) is 0.240. The number of aliphatic hydroxyl groups is 2. The van der Waals surface area contributed by atoms with Crippen molar-refractivity contribution in [2.45, 2.75) is 32.2 Å². The fourth-order valence-electron chi connectivity index (χ4n) is 3.43. The average molecular weight is 466 g/mol. The number of hydrogen-bond acceptors (Lipinski definition) is 6. The summed E-state index contributed by atoms with van der Waals surface area (Å²) in [5.41, 5.74) is 2.97. The highest BCUT2D eigenvalue weighted by atomic mass is 16.5. The van der Waals surface area contributed by atoms with Crippen LogP contribution in [0.25, 0.3) is 11.1 Å². The molecule has 3 aromatic rings. The molecule has 178 valence electrons. The highest BCUT2D eigenvalue weighted by molar-refractivity contribution is 5.90. The molecule has 3 rings (SSSR count). The van der Waals surface area contributed by atoms with Crippen LogP contribution < -0.4 is 10.0 Å². The monoisotopic (exact) mass is 465 g/mol. The zero-order valence-corrected chi connectivity index (χ0v) is 18.9. The normalized spacial score (nSPS) is 12.6. The number of pyridine rings is 1. The number of phenolic OH excluding ortho intramolecular Hbond substituents is 1. The van der Waals surface area contributed by atoms with E-state index in [-0.39, 0.29) is 24.5 Å². The van der Waals surface area contributed by atoms with Crippen molar-refractivity contribution in [3.8, 4) is 16.9 Å². The summed E-state index contributed by atoms with van der Waals surface area (Å²) < 4.78 is 0.534. The molecule has 0 aliphatic carbocycles. The number of aliphatic hydroxyl groups excluding tert-OH is 2. The van der Waals surface area contributed by atoms with E-state index in [2.05, 4.69) is 5.32 Å². The maximum absolute atomic E-state index is 12.5. The van der Waals surface area contributed by atoms with E-state index in [4.69, 9.17) is 0 Å². The minimum atomic E-state index is -2.01. The molecule has 0 radical (unpaired) electrons. The number of benzene rings is 2. The number of aromatic hydroxyl groups is 1. The maximum atomic E-state index is 12.5. The zero-order valence-electron chi connectivity index (χ0n) is 18.9. The Kier molecular flexibility index (Phi) is 7.83. The second kappa shape index (κ2) is 10.8. The lowest BCUT2D eigenvalue weighted by Crippen LogP contribution is -2.50. The molecule has 0 saturated heterocycles. The van der Waals surface area contributed by atoms with E-state index in [1.807, 2.05) is 31.2 Å². The Morgan fingerprint density at radius 1 is 1.03 bits per heavy atom. The zero-order chi connectivity index (χ0) is 24.8. The molecule has 1 aromatic heterocycles. The first kappa shape index (κ1) is 24.7. The van der Waals surface area contributed by atoms with E-state index >= 15 is 0 Å². The van der Waals surface area contributed by atoms with Crippen molar-refractivity contribution in [1.82, 2.24) is 10.2 Å². The minimum absolute atomic E-state index is 0.0257. The number of amides is 2. The predicted molar refractivity (Wildman–Crippen MR) is 124 cm³/mol. The van der Waals surface area contributed by atoms with Crippen LogP contribution in [-0.4, -0.2) is 51.3 Å². The van der Waals surface area contributed by atoms with Crippen LogP contribution in [0.5, 0.6) is 5.75 Å². The summed E-state index contributed by atoms with van der Waals surface area (Å²) >= 11 is 0. The van der Waals surface area contributed by atoms with Gasteiger partial charge in [-0.05, 0) is 30.2 Å². The third kappa shape index (κ3) is 5.69. The largest absolute Gasteiger partial charge is 0.618 e. The molecule has 4 N–H and O–H groups in total. The van der Waals surface area contributed by atoms with E-state index in [1.54, 1.807) is 24.3 Å². The van der Waals surface area contributed by atoms with Gasteiger partial charge in [0.25, 0.3) is 11.8 Å². The van der Waals surface area contributed by atoms with Gasteiger partial charge in [0.05, 0.1) is 5.56 Å². The molecule has 9 heteroatoms. The van der Waals surface area contributed by atoms with Crippen LogP contribution in [0.15, 0.2) is 66.9 Å². The highest BCUT2D eigenvalue weighted by Crippen LogP contribution is 2.27. The van der Waals surface area contributed by atoms with Gasteiger partial charge >= 0.3 is 0 Å². The van der Waals surface area contributed by atoms with Gasteiger partial charge in [-0.3, -0.25) is 9.59 Å². The number of para-hydroxylation sites is 1. The number of phenols is 1. The van der Waals surface area contributed by atoms with E-state index in [1.165, 1.54) is 30.3 Å². The van der Waals surface area contributed by atoms with Crippen molar-refractivity contribution in [2.24, 2.45) is 0 Å². The third-order valence-electron chi connectivity index (χ3n) is 5.52. The summed E-state index contributed by atoms with van der Waals surface area (Å²) in [4.78, 5) is 26.0. The number of carbonyl (C=O) groups is 2. The molecule has 1 heterocycles. The van der Waals surface area contributed by atoms with Crippen LogP contribution in [0.3, 0.4) is 0 Å². The highest BCUT2D eigenvalue weighted by Gasteiger charge is 2.32. The fourth-order valence-corrected chi connectivity index (χ4v) is 3.43. The van der Waals surface area contributed by atoms with Gasteiger partial charge in [-0.2, -0.15) is 4.73 Å². The molecule has 0 unspecified atom stereocenters. The van der Waals surface area contributed by atoms with Gasteiger partial charge in [-0.15, -0.1) is 0 Å². The van der Waals surface area contributed by atoms with Crippen molar-refractivity contribution in [2.75, 3.05) is 7.05 Å². The lowest BCUT2D eigenvalue weighted by Gasteiger charge is -2.24. The molecule has 0 aliphatic heterocycles. The number of nitrogens with zero attached hydrogens (tertiary/aromatic N) is 2. The topological polar surface area (TPSA) is 137 Å². The van der Waals surface area contributed by atoms with E-state index in [9.17, 15) is 30.1 Å². The SMILES string of the molecule is Cc1ccccc1CN(C)C(=O)[C@H](O)[C@@H](O)C(=O)NCc1ccc(-c2ccccc2O)c[n+]1[O-]. The Hall–Kier alpha value is -3.95. The van der Waals surface area contributed by atoms with Gasteiger partial charge < -0.3 is 30.7 Å². The van der Waals surface area contributed by atoms with Gasteiger partial charge in [0.2, 0.25) is 5.69 Å². The van der Waals surface area contributed by atoms with Crippen LogP contribution in [0.1, 0.15) is 16.8 Å². The van der Waals surface area contributed by atoms with Gasteiger partial charge in [-0.1, -0.05) is 42.5 Å². The summed E-state index contributed by atoms with van der Waals surface area (Å²) in [6, 6.07) is 17.1. The third-order valence-corrected chi connectivity index (χ3v) is 5.52. The van der Waals surface area contributed by atoms with Crippen LogP contribution >= 0.6 is 0 Å². The van der Waals surface area contributed by atoms with Gasteiger partial charge in [0.1, 0.15) is 12.3 Å². The predicted octanol–water partition coefficient (Wildman–Crippen LogP) is 0.998. The Morgan fingerprint density at radius 2 is 1.71 bits per heavy atom. The molecule has 0 saturated carbocycles. The van der Waals surface area contributed by atoms with E-state index < -0.39 is 24.0 Å². The standard InChI is InChI=1S/C25H27N3O6/c1-16-7-3-4-8-17(16)14-27(2)25(33)23(31)22(30)24(32)26-13-19-12-11-18(15-28(19)34)20-9-5-6-10-21(20)29/h3-12,15,22-23,29-31H,13-14H2,1-2H3,(H,26,32)/t22-,23-/m1/s1. The smallest absolute Gasteiger partial charge is 0.254 e. The van der Waals surface area contributed by atoms with Gasteiger partial charge in [0, 0.05) is 25.2 Å². The first-order valence-electron chi connectivity index (χ1n) is 10.6. The average Bonchev–Trinajstić information content (AvgIpc) is 2.83. The molecular weight excluding hydrogens is 438 g/mol. The Morgan fingerprint density at radius 3 is 2.38 bits per heavy atom. The number of likely N-dealkylation sites (N-methyl/N-ethyl adjacent to an activating group) is 1. The first-order valence-corrected chi connectivity index (χ1v) is 10.6. The van der Waals surface area contributed by atoms with E-state index in [0.29, 0.717) is 15.9 Å². The van der Waals surface area contributed by atoms with Crippen molar-refractivity contribution in [3.63, 3.8) is 0 Å². The Bertz CT molecular complexity index is 1180. The molecule has 0 aliphatic rings. The Balaban J connectivity index is 1.59. The lowest BCUT2D eigenvalue weighted by molar-refractivity contribution is -0.613. The number of hydrogen-bond donors (Lipinski definition) is 4. The number of nitrogens with one attached hydrogen (secondary N) is 1. The second-order valence-corrected chi connectivity index (χ2v) is 7.98. The molecular formula is C25H27N3O6. The van der Waals surface area contributed by atoms with Crippen LogP contribution in [0, 0.1) is 12.1 Å². The molecule has 2 aromatic carbocycles. The minimum Gasteiger partial charge on any atom is -0.618 e. The summed E-state index contributed by atoms with van der Waals surface area (Å²) in [6.45, 7) is 1.86. The molecule has 9 nitrogen and oxygen atoms in total. The van der Waals surface area contributed by atoms with E-state index in [0.717, 1.165) is 11.1 Å². The summed E-state index contributed by atoms with van der Waals surface area (Å²) in [5, 5.41) is 45.0. The second-order valence-electron chi connectivity index (χ2n) is 7.98. The lowest BCUT2D eigenvalue weighted by atomic mass is 10.1. The van der Waals surface area contributed by atoms with Crippen LogP contribution in [-0.2, 0) is 22.7 Å². The van der Waals surface area contributed by atoms with Crippen molar-refractivity contribution in [1.29, 1.82) is 0 Å². The molecule has 0 fully saturated rings. The van der Waals surface area contributed by atoms with Crippen molar-refractivity contribution >= 4 is 11.8 Å². The Labute approximate surface area is 197 Å². The molecule has 2 amide bonds. The number of carbonyl (C=O) groups excluding carboxylic acids is 2. The maximum Gasteiger partial charge on any atom is 0.254 e. The van der Waals surface area contributed by atoms with Crippen molar-refractivity contribution in [3.05, 3.63) is 88.9 Å². The molecule has 0 spiro atoms. The van der Waals surface area contributed by atoms with Crippen LogP contribution in [0.2, 0.25) is 0 Å². The number of aromatic nitrogens is 1. The summed E-state index contributed by atoms with van der Waals surface area (Å²) in [7, 11) is 1.47. The quantitative estimate of drug-likeness (QED) is 0.289. The van der Waals surface area contributed by atoms with Gasteiger partial charge in [-0.25, -0.2) is 0 Å². The first-order chi connectivity index (χ1) is 16.2.